The van der Waals surface area contributed by atoms with Crippen molar-refractivity contribution in [3.63, 3.8) is 0 Å². The molecule has 0 aromatic heterocycles. The summed E-state index contributed by atoms with van der Waals surface area (Å²) in [7, 11) is 0. The summed E-state index contributed by atoms with van der Waals surface area (Å²) in [5.74, 6) is 1.79. The van der Waals surface area contributed by atoms with Gasteiger partial charge in [0.15, 0.2) is 6.29 Å². The molecule has 2 spiro atoms. The molecule has 6 aliphatic carbocycles. The summed E-state index contributed by atoms with van der Waals surface area (Å²) in [5, 5.41) is 24.6. The maximum absolute atomic E-state index is 12.9. The van der Waals surface area contributed by atoms with Gasteiger partial charge in [0.05, 0.1) is 44.1 Å². The number of aliphatic carboxylic acids is 1. The SMILES string of the molecule is C[C@@H]1CC(CNCC(=O)O)OC2[C@H]1[C@@]1(C)CC[C@@]34C[C@@]35CC[C@H](O[C@H]3CN(C(=O)CC6CC6)CCO3)C(C)(C)[C@@H]5CCC4[C@]1(C)[C@H]2O. The van der Waals surface area contributed by atoms with Crippen LogP contribution in [0.4, 0.5) is 0 Å². The van der Waals surface area contributed by atoms with Crippen molar-refractivity contribution < 1.29 is 34.0 Å². The summed E-state index contributed by atoms with van der Waals surface area (Å²) >= 11 is 0. The molecule has 9 heteroatoms. The van der Waals surface area contributed by atoms with E-state index in [1.807, 2.05) is 4.90 Å². The number of morpholine rings is 1. The third-order valence-corrected chi connectivity index (χ3v) is 16.3. The Kier molecular flexibility index (Phi) is 7.79. The molecule has 3 N–H and O–H groups in total. The van der Waals surface area contributed by atoms with Crippen LogP contribution in [0.3, 0.4) is 0 Å². The Bertz CT molecular complexity index is 1270. The molecule has 8 rings (SSSR count). The lowest BCUT2D eigenvalue weighted by Gasteiger charge is -2.64. The standard InChI is InChI=1S/C38H60N2O7/c1-22-16-24(18-39-19-29(42)43)46-32-31(22)35(4)12-13-38-21-37(38)11-10-27(34(2,3)25(37)8-9-26(38)36(35,5)33(32)44)47-30-20-40(14-15-45-30)28(41)17-23-6-7-23/h22-27,30-33,39,44H,6-21H2,1-5H3,(H,42,43)/t22-,24?,25+,26?,27+,30+,31+,32?,33+,35-,36-,37-,38+/m1/s1. The average Bonchev–Trinajstić information content (AvgIpc) is 3.94. The van der Waals surface area contributed by atoms with Crippen molar-refractivity contribution in [2.75, 3.05) is 32.8 Å². The molecular weight excluding hydrogens is 596 g/mol. The van der Waals surface area contributed by atoms with Gasteiger partial charge in [0, 0.05) is 24.9 Å². The second-order valence-electron chi connectivity index (χ2n) is 18.6. The summed E-state index contributed by atoms with van der Waals surface area (Å²) in [6.45, 7) is 14.4. The first-order valence-electron chi connectivity index (χ1n) is 19.1. The number of ether oxygens (including phenoxy) is 3. The van der Waals surface area contributed by atoms with Crippen LogP contribution in [-0.2, 0) is 23.8 Å². The van der Waals surface area contributed by atoms with E-state index in [2.05, 4.69) is 39.9 Å². The van der Waals surface area contributed by atoms with Gasteiger partial charge < -0.3 is 34.6 Å². The van der Waals surface area contributed by atoms with Crippen molar-refractivity contribution in [3.05, 3.63) is 0 Å². The summed E-state index contributed by atoms with van der Waals surface area (Å²) in [6, 6.07) is 0. The Morgan fingerprint density at radius 2 is 1.74 bits per heavy atom. The fourth-order valence-electron chi connectivity index (χ4n) is 13.9. The molecular formula is C38H60N2O7. The first-order valence-corrected chi connectivity index (χ1v) is 19.1. The summed E-state index contributed by atoms with van der Waals surface area (Å²) in [6.07, 6.45) is 11.1. The minimum absolute atomic E-state index is 0.00805. The van der Waals surface area contributed by atoms with E-state index in [0.29, 0.717) is 67.7 Å². The molecule has 8 aliphatic rings. The van der Waals surface area contributed by atoms with E-state index in [9.17, 15) is 14.7 Å². The Balaban J connectivity index is 0.983. The van der Waals surface area contributed by atoms with Gasteiger partial charge in [-0.1, -0.05) is 34.6 Å². The van der Waals surface area contributed by atoms with Crippen LogP contribution in [0.2, 0.25) is 0 Å². The van der Waals surface area contributed by atoms with Crippen LogP contribution in [0.25, 0.3) is 0 Å². The molecule has 2 aliphatic heterocycles. The van der Waals surface area contributed by atoms with Gasteiger partial charge >= 0.3 is 5.97 Å². The first-order chi connectivity index (χ1) is 22.3. The van der Waals surface area contributed by atoms with Gasteiger partial charge in [-0.3, -0.25) is 9.59 Å². The Labute approximate surface area is 281 Å². The predicted molar refractivity (Wildman–Crippen MR) is 175 cm³/mol. The second kappa shape index (κ2) is 11.1. The zero-order valence-corrected chi connectivity index (χ0v) is 29.5. The van der Waals surface area contributed by atoms with Crippen LogP contribution in [0.1, 0.15) is 105 Å². The van der Waals surface area contributed by atoms with Crippen LogP contribution < -0.4 is 5.32 Å². The Hall–Kier alpha value is -1.26. The largest absolute Gasteiger partial charge is 0.480 e. The molecule has 1 amide bonds. The van der Waals surface area contributed by atoms with Crippen LogP contribution in [-0.4, -0.2) is 90.5 Å². The van der Waals surface area contributed by atoms with E-state index in [0.717, 1.165) is 25.7 Å². The van der Waals surface area contributed by atoms with E-state index in [-0.39, 0.29) is 58.7 Å². The molecule has 6 saturated carbocycles. The topological polar surface area (TPSA) is 118 Å². The lowest BCUT2D eigenvalue weighted by Crippen LogP contribution is -2.60. The zero-order valence-electron chi connectivity index (χ0n) is 29.5. The fraction of sp³-hybridized carbons (Fsp3) is 0.947. The minimum Gasteiger partial charge on any atom is -0.480 e. The van der Waals surface area contributed by atoms with E-state index < -0.39 is 12.1 Å². The maximum Gasteiger partial charge on any atom is 0.317 e. The number of carbonyl (C=O) groups excluding carboxylic acids is 1. The normalized spacial score (nSPS) is 51.2. The molecule has 8 fully saturated rings. The summed E-state index contributed by atoms with van der Waals surface area (Å²) in [5.41, 5.74) is 0.399. The third kappa shape index (κ3) is 4.71. The number of amides is 1. The number of aliphatic hydroxyl groups excluding tert-OH is 1. The Morgan fingerprint density at radius 3 is 2.49 bits per heavy atom. The van der Waals surface area contributed by atoms with Gasteiger partial charge in [0.1, 0.15) is 0 Å². The number of fused-ring (bicyclic) bond motifs is 4. The summed E-state index contributed by atoms with van der Waals surface area (Å²) < 4.78 is 19.7. The number of aliphatic hydroxyl groups is 1. The van der Waals surface area contributed by atoms with Crippen molar-refractivity contribution in [1.82, 2.24) is 10.2 Å². The number of nitrogens with one attached hydrogen (secondary N) is 1. The van der Waals surface area contributed by atoms with E-state index >= 15 is 0 Å². The second-order valence-corrected chi connectivity index (χ2v) is 18.6. The van der Waals surface area contributed by atoms with Crippen molar-refractivity contribution in [2.24, 2.45) is 56.7 Å². The first kappa shape index (κ1) is 32.9. The highest BCUT2D eigenvalue weighted by Crippen LogP contribution is 2.89. The van der Waals surface area contributed by atoms with Crippen LogP contribution in [0.15, 0.2) is 0 Å². The molecule has 9 nitrogen and oxygen atoms in total. The third-order valence-electron chi connectivity index (χ3n) is 16.3. The van der Waals surface area contributed by atoms with Crippen LogP contribution in [0, 0.1) is 56.7 Å². The lowest BCUT2D eigenvalue weighted by molar-refractivity contribution is -0.248. The van der Waals surface area contributed by atoms with Gasteiger partial charge in [0.2, 0.25) is 5.91 Å². The molecule has 3 unspecified atom stereocenters. The monoisotopic (exact) mass is 656 g/mol. The minimum atomic E-state index is -0.855. The van der Waals surface area contributed by atoms with Gasteiger partial charge in [-0.25, -0.2) is 0 Å². The number of rotatable bonds is 8. The van der Waals surface area contributed by atoms with Gasteiger partial charge in [-0.15, -0.1) is 0 Å². The molecule has 13 atom stereocenters. The lowest BCUT2D eigenvalue weighted by atomic mass is 9.41. The zero-order chi connectivity index (χ0) is 33.1. The smallest absolute Gasteiger partial charge is 0.317 e. The molecule has 2 saturated heterocycles. The molecule has 0 aromatic carbocycles. The number of carboxylic acid groups (broad SMARTS) is 1. The summed E-state index contributed by atoms with van der Waals surface area (Å²) in [4.78, 5) is 26.0. The molecule has 264 valence electrons. The van der Waals surface area contributed by atoms with E-state index in [1.165, 1.54) is 38.5 Å². The number of carboxylic acids is 1. The van der Waals surface area contributed by atoms with Crippen LogP contribution >= 0.6 is 0 Å². The van der Waals surface area contributed by atoms with E-state index in [4.69, 9.17) is 19.3 Å². The molecule has 2 heterocycles. The van der Waals surface area contributed by atoms with Crippen molar-refractivity contribution >= 4 is 11.9 Å². The highest BCUT2D eigenvalue weighted by atomic mass is 16.7. The van der Waals surface area contributed by atoms with Gasteiger partial charge in [-0.2, -0.15) is 0 Å². The quantitative estimate of drug-likeness (QED) is 0.340. The van der Waals surface area contributed by atoms with Crippen molar-refractivity contribution in [1.29, 1.82) is 0 Å². The number of hydrogen-bond acceptors (Lipinski definition) is 7. The van der Waals surface area contributed by atoms with E-state index in [1.54, 1.807) is 0 Å². The average molecular weight is 657 g/mol. The fourth-order valence-corrected chi connectivity index (χ4v) is 13.9. The number of hydrogen-bond donors (Lipinski definition) is 3. The predicted octanol–water partition coefficient (Wildman–Crippen LogP) is 4.84. The molecule has 0 bridgehead atoms. The molecule has 0 radical (unpaired) electrons. The highest BCUT2D eigenvalue weighted by molar-refractivity contribution is 5.76. The Morgan fingerprint density at radius 1 is 1.00 bits per heavy atom. The van der Waals surface area contributed by atoms with Gasteiger partial charge in [-0.05, 0) is 115 Å². The van der Waals surface area contributed by atoms with Crippen molar-refractivity contribution in [3.8, 4) is 0 Å². The highest BCUT2D eigenvalue weighted by Gasteiger charge is 2.84. The van der Waals surface area contributed by atoms with Crippen molar-refractivity contribution in [2.45, 2.75) is 136 Å². The molecule has 0 aromatic rings. The molecule has 47 heavy (non-hydrogen) atoms. The van der Waals surface area contributed by atoms with Gasteiger partial charge in [0.25, 0.3) is 0 Å². The number of nitrogens with zero attached hydrogens (tertiary/aromatic N) is 1. The number of carbonyl (C=O) groups is 2. The van der Waals surface area contributed by atoms with Crippen LogP contribution in [0.5, 0.6) is 0 Å². The maximum atomic E-state index is 12.9.